The van der Waals surface area contributed by atoms with E-state index in [2.05, 4.69) is 6.58 Å². The van der Waals surface area contributed by atoms with Crippen LogP contribution in [0.25, 0.3) is 0 Å². The Labute approximate surface area is 89.0 Å². The van der Waals surface area contributed by atoms with Gasteiger partial charge in [-0.05, 0) is 5.56 Å². The van der Waals surface area contributed by atoms with Crippen LogP contribution in [0.15, 0.2) is 42.5 Å². The van der Waals surface area contributed by atoms with Crippen molar-refractivity contribution < 1.29 is 14.6 Å². The van der Waals surface area contributed by atoms with Crippen LogP contribution in [0, 0.1) is 0 Å². The third-order valence-electron chi connectivity index (χ3n) is 1.96. The first-order chi connectivity index (χ1) is 7.20. The maximum atomic E-state index is 10.4. The maximum Gasteiger partial charge on any atom is 0.331 e. The van der Waals surface area contributed by atoms with Crippen LogP contribution in [0.5, 0.6) is 0 Å². The Morgan fingerprint density at radius 1 is 1.33 bits per heavy atom. The summed E-state index contributed by atoms with van der Waals surface area (Å²) in [5.74, 6) is -0.960. The molecule has 0 heterocycles. The van der Waals surface area contributed by atoms with Crippen LogP contribution in [-0.4, -0.2) is 17.7 Å². The van der Waals surface area contributed by atoms with E-state index in [0.29, 0.717) is 19.6 Å². The van der Waals surface area contributed by atoms with Crippen LogP contribution in [0.1, 0.15) is 12.0 Å². The topological polar surface area (TPSA) is 46.5 Å². The minimum Gasteiger partial charge on any atom is -0.478 e. The summed E-state index contributed by atoms with van der Waals surface area (Å²) >= 11 is 0. The highest BCUT2D eigenvalue weighted by molar-refractivity contribution is 5.85. The zero-order valence-electron chi connectivity index (χ0n) is 8.48. The first-order valence-electron chi connectivity index (χ1n) is 4.73. The van der Waals surface area contributed by atoms with Gasteiger partial charge in [-0.3, -0.25) is 0 Å². The lowest BCUT2D eigenvalue weighted by molar-refractivity contribution is -0.132. The van der Waals surface area contributed by atoms with E-state index in [4.69, 9.17) is 9.84 Å². The highest BCUT2D eigenvalue weighted by Crippen LogP contribution is 2.03. The molecule has 0 atom stereocenters. The van der Waals surface area contributed by atoms with E-state index in [-0.39, 0.29) is 5.57 Å². The minimum atomic E-state index is -0.960. The molecule has 0 aliphatic carbocycles. The normalized spacial score (nSPS) is 9.87. The fourth-order valence-corrected chi connectivity index (χ4v) is 1.07. The lowest BCUT2D eigenvalue weighted by Gasteiger charge is -2.03. The van der Waals surface area contributed by atoms with Gasteiger partial charge in [-0.15, -0.1) is 0 Å². The SMILES string of the molecule is C=C(CCOCc1ccccc1)C(=O)O. The summed E-state index contributed by atoms with van der Waals surface area (Å²) < 4.78 is 5.32. The molecule has 0 aliphatic rings. The molecule has 1 aromatic rings. The van der Waals surface area contributed by atoms with Gasteiger partial charge in [0.1, 0.15) is 0 Å². The standard InChI is InChI=1S/C12H14O3/c1-10(12(13)14)7-8-15-9-11-5-3-2-4-6-11/h2-6H,1,7-9H2,(H,13,14). The zero-order chi connectivity index (χ0) is 11.1. The van der Waals surface area contributed by atoms with Crippen molar-refractivity contribution in [2.24, 2.45) is 0 Å². The molecule has 1 rings (SSSR count). The molecule has 0 spiro atoms. The van der Waals surface area contributed by atoms with Crippen LogP contribution < -0.4 is 0 Å². The zero-order valence-corrected chi connectivity index (χ0v) is 8.48. The van der Waals surface area contributed by atoms with Gasteiger partial charge in [0.15, 0.2) is 0 Å². The lowest BCUT2D eigenvalue weighted by Crippen LogP contribution is -2.03. The summed E-state index contributed by atoms with van der Waals surface area (Å²) in [5, 5.41) is 8.54. The van der Waals surface area contributed by atoms with Crippen molar-refractivity contribution in [1.82, 2.24) is 0 Å². The van der Waals surface area contributed by atoms with Gasteiger partial charge in [-0.1, -0.05) is 36.9 Å². The van der Waals surface area contributed by atoms with Crippen molar-refractivity contribution in [3.05, 3.63) is 48.0 Å². The molecule has 0 unspecified atom stereocenters. The molecule has 0 fully saturated rings. The molecule has 0 amide bonds. The van der Waals surface area contributed by atoms with Crippen LogP contribution in [0.2, 0.25) is 0 Å². The molecule has 80 valence electrons. The number of hydrogen-bond acceptors (Lipinski definition) is 2. The first kappa shape index (κ1) is 11.5. The smallest absolute Gasteiger partial charge is 0.331 e. The Kier molecular flexibility index (Phi) is 4.57. The molecule has 15 heavy (non-hydrogen) atoms. The van der Waals surface area contributed by atoms with Gasteiger partial charge in [0.2, 0.25) is 0 Å². The molecular weight excluding hydrogens is 192 g/mol. The van der Waals surface area contributed by atoms with Crippen LogP contribution in [0.3, 0.4) is 0 Å². The van der Waals surface area contributed by atoms with Crippen molar-refractivity contribution in [3.8, 4) is 0 Å². The molecule has 1 aromatic carbocycles. The van der Waals surface area contributed by atoms with Crippen molar-refractivity contribution >= 4 is 5.97 Å². The summed E-state index contributed by atoms with van der Waals surface area (Å²) in [6.07, 6.45) is 0.363. The van der Waals surface area contributed by atoms with Gasteiger partial charge in [0.05, 0.1) is 13.2 Å². The summed E-state index contributed by atoms with van der Waals surface area (Å²) in [6, 6.07) is 9.75. The van der Waals surface area contributed by atoms with Crippen LogP contribution in [0.4, 0.5) is 0 Å². The maximum absolute atomic E-state index is 10.4. The molecule has 0 saturated carbocycles. The van der Waals surface area contributed by atoms with Gasteiger partial charge >= 0.3 is 5.97 Å². The number of carbonyl (C=O) groups is 1. The van der Waals surface area contributed by atoms with Crippen molar-refractivity contribution in [2.75, 3.05) is 6.61 Å². The Morgan fingerprint density at radius 3 is 2.60 bits per heavy atom. The van der Waals surface area contributed by atoms with E-state index in [0.717, 1.165) is 5.56 Å². The Hall–Kier alpha value is -1.61. The quantitative estimate of drug-likeness (QED) is 0.573. The van der Waals surface area contributed by atoms with Crippen molar-refractivity contribution in [3.63, 3.8) is 0 Å². The summed E-state index contributed by atoms with van der Waals surface area (Å²) in [5.41, 5.74) is 1.27. The first-order valence-corrected chi connectivity index (χ1v) is 4.73. The fraction of sp³-hybridized carbons (Fsp3) is 0.250. The van der Waals surface area contributed by atoms with Gasteiger partial charge in [0, 0.05) is 12.0 Å². The molecule has 0 bridgehead atoms. The molecule has 3 heteroatoms. The Balaban J connectivity index is 2.18. The number of carboxylic acid groups (broad SMARTS) is 1. The van der Waals surface area contributed by atoms with E-state index >= 15 is 0 Å². The molecule has 0 aliphatic heterocycles. The van der Waals surface area contributed by atoms with E-state index < -0.39 is 5.97 Å². The second-order valence-corrected chi connectivity index (χ2v) is 3.20. The highest BCUT2D eigenvalue weighted by atomic mass is 16.5. The lowest BCUT2D eigenvalue weighted by atomic mass is 10.2. The van der Waals surface area contributed by atoms with Gasteiger partial charge in [-0.25, -0.2) is 4.79 Å². The summed E-state index contributed by atoms with van der Waals surface area (Å²) in [4.78, 5) is 10.4. The van der Waals surface area contributed by atoms with Gasteiger partial charge < -0.3 is 9.84 Å². The fourth-order valence-electron chi connectivity index (χ4n) is 1.07. The molecule has 1 N–H and O–H groups in total. The van der Waals surface area contributed by atoms with Crippen molar-refractivity contribution in [1.29, 1.82) is 0 Å². The highest BCUT2D eigenvalue weighted by Gasteiger charge is 2.02. The summed E-state index contributed by atoms with van der Waals surface area (Å²) in [6.45, 7) is 4.32. The molecular formula is C12H14O3. The molecule has 0 aromatic heterocycles. The summed E-state index contributed by atoms with van der Waals surface area (Å²) in [7, 11) is 0. The van der Waals surface area contributed by atoms with Crippen molar-refractivity contribution in [2.45, 2.75) is 13.0 Å². The number of hydrogen-bond donors (Lipinski definition) is 1. The van der Waals surface area contributed by atoms with Gasteiger partial charge in [-0.2, -0.15) is 0 Å². The molecule has 0 radical (unpaired) electrons. The van der Waals surface area contributed by atoms with E-state index in [1.165, 1.54) is 0 Å². The van der Waals surface area contributed by atoms with E-state index in [1.807, 2.05) is 30.3 Å². The van der Waals surface area contributed by atoms with Gasteiger partial charge in [0.25, 0.3) is 0 Å². The number of aliphatic carboxylic acids is 1. The molecule has 3 nitrogen and oxygen atoms in total. The molecule has 0 saturated heterocycles. The third kappa shape index (κ3) is 4.42. The van der Waals surface area contributed by atoms with Crippen LogP contribution >= 0.6 is 0 Å². The second kappa shape index (κ2) is 5.98. The van der Waals surface area contributed by atoms with Crippen LogP contribution in [-0.2, 0) is 16.1 Å². The average molecular weight is 206 g/mol. The monoisotopic (exact) mass is 206 g/mol. The number of benzene rings is 1. The predicted octanol–water partition coefficient (Wildman–Crippen LogP) is 2.23. The number of rotatable bonds is 6. The predicted molar refractivity (Wildman–Crippen MR) is 57.5 cm³/mol. The Bertz CT molecular complexity index is 330. The average Bonchev–Trinajstić information content (AvgIpc) is 2.25. The third-order valence-corrected chi connectivity index (χ3v) is 1.96. The minimum absolute atomic E-state index is 0.183. The van der Waals surface area contributed by atoms with E-state index in [9.17, 15) is 4.79 Å². The second-order valence-electron chi connectivity index (χ2n) is 3.20. The largest absolute Gasteiger partial charge is 0.478 e. The van der Waals surface area contributed by atoms with E-state index in [1.54, 1.807) is 0 Å². The Morgan fingerprint density at radius 2 is 2.00 bits per heavy atom. The number of ether oxygens (including phenoxy) is 1. The number of carboxylic acids is 1.